The summed E-state index contributed by atoms with van der Waals surface area (Å²) in [5.74, 6) is 0. The second-order valence-electron chi connectivity index (χ2n) is 5.37. The smallest absolute Gasteiger partial charge is 0.276 e. The fraction of sp³-hybridized carbons (Fsp3) is 0.267. The van der Waals surface area contributed by atoms with E-state index in [1.165, 1.54) is 4.31 Å². The van der Waals surface area contributed by atoms with Gasteiger partial charge in [-0.1, -0.05) is 18.2 Å². The Kier molecular flexibility index (Phi) is 3.05. The van der Waals surface area contributed by atoms with Gasteiger partial charge in [-0.25, -0.2) is 13.4 Å². The molecule has 3 aromatic rings. The Morgan fingerprint density at radius 3 is 2.91 bits per heavy atom. The summed E-state index contributed by atoms with van der Waals surface area (Å²) in [5.41, 5.74) is 1.48. The molecule has 1 aliphatic heterocycles. The molecule has 1 aliphatic rings. The van der Waals surface area contributed by atoms with Gasteiger partial charge in [-0.15, -0.1) is 0 Å². The largest absolute Gasteiger partial charge is 0.443 e. The minimum Gasteiger partial charge on any atom is -0.443 e. The van der Waals surface area contributed by atoms with Crippen LogP contribution in [0.15, 0.2) is 52.4 Å². The van der Waals surface area contributed by atoms with Crippen LogP contribution in [0.25, 0.3) is 11.0 Å². The number of hydrogen-bond donors (Lipinski definition) is 0. The zero-order valence-corrected chi connectivity index (χ0v) is 12.7. The minimum absolute atomic E-state index is 0.00154. The predicted octanol–water partition coefficient (Wildman–Crippen LogP) is 2.22. The number of rotatable bonds is 2. The molecule has 0 amide bonds. The van der Waals surface area contributed by atoms with E-state index >= 15 is 0 Å². The second kappa shape index (κ2) is 4.96. The highest BCUT2D eigenvalue weighted by atomic mass is 32.2. The Balaban J connectivity index is 1.74. The molecule has 0 fully saturated rings. The first-order valence-corrected chi connectivity index (χ1v) is 8.56. The van der Waals surface area contributed by atoms with E-state index in [9.17, 15) is 8.42 Å². The van der Waals surface area contributed by atoms with Crippen LogP contribution >= 0.6 is 0 Å². The molecule has 0 saturated heterocycles. The average molecular weight is 317 g/mol. The van der Waals surface area contributed by atoms with E-state index in [2.05, 4.69) is 4.98 Å². The van der Waals surface area contributed by atoms with Crippen molar-refractivity contribution >= 4 is 21.0 Å². The van der Waals surface area contributed by atoms with Crippen molar-refractivity contribution in [3.8, 4) is 0 Å². The predicted molar refractivity (Wildman–Crippen MR) is 80.7 cm³/mol. The third-order valence-electron chi connectivity index (χ3n) is 3.94. The molecule has 0 atom stereocenters. The van der Waals surface area contributed by atoms with E-state index in [1.54, 1.807) is 24.7 Å². The summed E-state index contributed by atoms with van der Waals surface area (Å²) in [6.07, 6.45) is 4.21. The molecule has 114 valence electrons. The number of hydrogen-bond acceptors (Lipinski definition) is 4. The maximum atomic E-state index is 12.8. The Hall–Kier alpha value is -2.12. The van der Waals surface area contributed by atoms with Crippen molar-refractivity contribution in [2.75, 3.05) is 6.54 Å². The van der Waals surface area contributed by atoms with Gasteiger partial charge in [-0.2, -0.15) is 4.31 Å². The lowest BCUT2D eigenvalue weighted by atomic mass is 10.3. The molecule has 7 heteroatoms. The third kappa shape index (κ3) is 2.13. The molecule has 4 rings (SSSR count). The third-order valence-corrected chi connectivity index (χ3v) is 5.64. The Bertz CT molecular complexity index is 893. The number of imidazole rings is 1. The molecule has 22 heavy (non-hydrogen) atoms. The standard InChI is InChI=1S/C15H15N3O3S/c19-22(20,15-8-12-4-1-2-5-14(12)21-15)18-7-3-6-17-11-16-9-13(17)10-18/h1-2,4-5,8-9,11H,3,6-7,10H2. The molecule has 0 spiro atoms. The number of para-hydroxylation sites is 1. The first kappa shape index (κ1) is 13.5. The lowest BCUT2D eigenvalue weighted by Crippen LogP contribution is -2.30. The number of fused-ring (bicyclic) bond motifs is 2. The molecule has 6 nitrogen and oxygen atoms in total. The summed E-state index contributed by atoms with van der Waals surface area (Å²) in [7, 11) is -3.64. The van der Waals surface area contributed by atoms with Crippen LogP contribution in [0, 0.1) is 0 Å². The summed E-state index contributed by atoms with van der Waals surface area (Å²) < 4.78 is 34.7. The quantitative estimate of drug-likeness (QED) is 0.727. The highest BCUT2D eigenvalue weighted by molar-refractivity contribution is 7.89. The Morgan fingerprint density at radius 2 is 2.05 bits per heavy atom. The number of benzene rings is 1. The van der Waals surface area contributed by atoms with Crippen molar-refractivity contribution in [3.63, 3.8) is 0 Å². The first-order valence-electron chi connectivity index (χ1n) is 7.12. The Morgan fingerprint density at radius 1 is 1.18 bits per heavy atom. The van der Waals surface area contributed by atoms with Crippen LogP contribution in [-0.2, 0) is 23.1 Å². The lowest BCUT2D eigenvalue weighted by Gasteiger charge is -2.17. The summed E-state index contributed by atoms with van der Waals surface area (Å²) in [6.45, 7) is 1.57. The molecule has 0 bridgehead atoms. The molecular weight excluding hydrogens is 302 g/mol. The highest BCUT2D eigenvalue weighted by Gasteiger charge is 2.30. The van der Waals surface area contributed by atoms with Gasteiger partial charge < -0.3 is 8.98 Å². The number of aryl methyl sites for hydroxylation is 1. The monoisotopic (exact) mass is 317 g/mol. The normalized spacial score (nSPS) is 16.5. The van der Waals surface area contributed by atoms with Gasteiger partial charge in [-0.05, 0) is 12.5 Å². The molecular formula is C15H15N3O3S. The van der Waals surface area contributed by atoms with Gasteiger partial charge in [0.05, 0.1) is 18.6 Å². The van der Waals surface area contributed by atoms with Crippen LogP contribution < -0.4 is 0 Å². The van der Waals surface area contributed by atoms with Gasteiger partial charge in [0.2, 0.25) is 5.09 Å². The second-order valence-corrected chi connectivity index (χ2v) is 7.24. The number of aromatic nitrogens is 2. The van der Waals surface area contributed by atoms with E-state index in [0.717, 1.165) is 24.0 Å². The van der Waals surface area contributed by atoms with Crippen LogP contribution in [0.2, 0.25) is 0 Å². The van der Waals surface area contributed by atoms with E-state index < -0.39 is 10.0 Å². The fourth-order valence-electron chi connectivity index (χ4n) is 2.78. The molecule has 0 aliphatic carbocycles. The number of sulfonamides is 1. The average Bonchev–Trinajstić information content (AvgIpc) is 3.09. The van der Waals surface area contributed by atoms with Crippen molar-refractivity contribution in [1.29, 1.82) is 0 Å². The maximum Gasteiger partial charge on any atom is 0.276 e. The highest BCUT2D eigenvalue weighted by Crippen LogP contribution is 2.27. The van der Waals surface area contributed by atoms with E-state index in [-0.39, 0.29) is 5.09 Å². The van der Waals surface area contributed by atoms with Gasteiger partial charge in [0, 0.05) is 30.7 Å². The maximum absolute atomic E-state index is 12.8. The van der Waals surface area contributed by atoms with Crippen molar-refractivity contribution in [3.05, 3.63) is 48.5 Å². The molecule has 0 radical (unpaired) electrons. The molecule has 3 heterocycles. The SMILES string of the molecule is O=S(=O)(c1cc2ccccc2o1)N1CCCn2cncc2C1. The zero-order valence-electron chi connectivity index (χ0n) is 11.8. The lowest BCUT2D eigenvalue weighted by molar-refractivity contribution is 0.385. The van der Waals surface area contributed by atoms with Crippen molar-refractivity contribution in [1.82, 2.24) is 13.9 Å². The van der Waals surface area contributed by atoms with E-state index in [4.69, 9.17) is 4.42 Å². The van der Waals surface area contributed by atoms with Crippen LogP contribution in [0.4, 0.5) is 0 Å². The van der Waals surface area contributed by atoms with Gasteiger partial charge in [0.25, 0.3) is 10.0 Å². The van der Waals surface area contributed by atoms with Crippen LogP contribution in [0.5, 0.6) is 0 Å². The summed E-state index contributed by atoms with van der Waals surface area (Å²) in [4.78, 5) is 4.09. The fourth-order valence-corrected chi connectivity index (χ4v) is 4.17. The van der Waals surface area contributed by atoms with E-state index in [1.807, 2.05) is 22.8 Å². The molecule has 2 aromatic heterocycles. The summed E-state index contributed by atoms with van der Waals surface area (Å²) in [5, 5.41) is 0.794. The van der Waals surface area contributed by atoms with Gasteiger partial charge in [-0.3, -0.25) is 0 Å². The Labute approximate surface area is 128 Å². The summed E-state index contributed by atoms with van der Waals surface area (Å²) >= 11 is 0. The number of nitrogens with zero attached hydrogens (tertiary/aromatic N) is 3. The molecule has 1 aromatic carbocycles. The topological polar surface area (TPSA) is 68.3 Å². The summed E-state index contributed by atoms with van der Waals surface area (Å²) in [6, 6.07) is 8.89. The molecule has 0 N–H and O–H groups in total. The van der Waals surface area contributed by atoms with E-state index in [0.29, 0.717) is 18.7 Å². The van der Waals surface area contributed by atoms with Crippen LogP contribution in [0.1, 0.15) is 12.1 Å². The minimum atomic E-state index is -3.64. The van der Waals surface area contributed by atoms with Gasteiger partial charge in [0.1, 0.15) is 5.58 Å². The van der Waals surface area contributed by atoms with Crippen LogP contribution in [0.3, 0.4) is 0 Å². The first-order chi connectivity index (χ1) is 10.6. The van der Waals surface area contributed by atoms with Gasteiger partial charge in [0.15, 0.2) is 0 Å². The van der Waals surface area contributed by atoms with Crippen molar-refractivity contribution < 1.29 is 12.8 Å². The van der Waals surface area contributed by atoms with Crippen molar-refractivity contribution in [2.45, 2.75) is 24.6 Å². The number of furan rings is 1. The van der Waals surface area contributed by atoms with Crippen molar-refractivity contribution in [2.24, 2.45) is 0 Å². The zero-order chi connectivity index (χ0) is 15.2. The molecule has 0 unspecified atom stereocenters. The van der Waals surface area contributed by atoms with Crippen LogP contribution in [-0.4, -0.2) is 28.8 Å². The molecule has 0 saturated carbocycles. The van der Waals surface area contributed by atoms with Gasteiger partial charge >= 0.3 is 0 Å².